The van der Waals surface area contributed by atoms with Gasteiger partial charge in [-0.1, -0.05) is 0 Å². The Labute approximate surface area is 96.1 Å². The molecule has 0 saturated heterocycles. The molecule has 0 fully saturated rings. The second-order valence-corrected chi connectivity index (χ2v) is 4.15. The first-order valence-corrected chi connectivity index (χ1v) is 5.55. The minimum Gasteiger partial charge on any atom is -0.382 e. The van der Waals surface area contributed by atoms with Crippen molar-refractivity contribution in [3.63, 3.8) is 0 Å². The highest BCUT2D eigenvalue weighted by atomic mass is 32.1. The van der Waals surface area contributed by atoms with E-state index < -0.39 is 0 Å². The van der Waals surface area contributed by atoms with Crippen LogP contribution in [0.4, 0.5) is 5.82 Å². The summed E-state index contributed by atoms with van der Waals surface area (Å²) in [6, 6.07) is 1.65. The fraction of sp³-hybridized carbons (Fsp3) is 0.222. The Kier molecular flexibility index (Phi) is 3.16. The van der Waals surface area contributed by atoms with E-state index in [1.807, 2.05) is 0 Å². The molecule has 1 amide bonds. The third-order valence-electron chi connectivity index (χ3n) is 1.91. The Bertz CT molecular complexity index is 464. The van der Waals surface area contributed by atoms with Crippen LogP contribution in [0.25, 0.3) is 0 Å². The van der Waals surface area contributed by atoms with Crippen LogP contribution in [-0.4, -0.2) is 20.7 Å². The van der Waals surface area contributed by atoms with Crippen LogP contribution in [0.5, 0.6) is 0 Å². The van der Waals surface area contributed by atoms with Crippen molar-refractivity contribution >= 4 is 23.1 Å². The zero-order valence-corrected chi connectivity index (χ0v) is 9.28. The van der Waals surface area contributed by atoms with Crippen LogP contribution in [-0.2, 0) is 17.9 Å². The smallest absolute Gasteiger partial charge is 0.242 e. The van der Waals surface area contributed by atoms with Crippen molar-refractivity contribution in [2.75, 3.05) is 5.73 Å². The largest absolute Gasteiger partial charge is 0.382 e. The number of hydrogen-bond acceptors (Lipinski definition) is 5. The zero-order valence-electron chi connectivity index (χ0n) is 8.46. The maximum absolute atomic E-state index is 11.5. The number of rotatable bonds is 4. The van der Waals surface area contributed by atoms with Gasteiger partial charge in [-0.05, 0) is 6.07 Å². The van der Waals surface area contributed by atoms with Crippen molar-refractivity contribution in [3.8, 4) is 0 Å². The number of anilines is 1. The molecule has 0 saturated carbocycles. The van der Waals surface area contributed by atoms with Gasteiger partial charge in [-0.2, -0.15) is 5.10 Å². The lowest BCUT2D eigenvalue weighted by Crippen LogP contribution is -2.27. The zero-order chi connectivity index (χ0) is 11.4. The van der Waals surface area contributed by atoms with E-state index in [4.69, 9.17) is 5.73 Å². The molecule has 2 heterocycles. The SMILES string of the molecule is Nc1ccn(CC(=O)NCc2cncs2)n1. The highest BCUT2D eigenvalue weighted by Crippen LogP contribution is 2.04. The topological polar surface area (TPSA) is 85.8 Å². The van der Waals surface area contributed by atoms with Gasteiger partial charge in [-0.15, -0.1) is 11.3 Å². The molecule has 2 rings (SSSR count). The number of amides is 1. The van der Waals surface area contributed by atoms with Gasteiger partial charge in [0.15, 0.2) is 0 Å². The normalized spacial score (nSPS) is 10.2. The molecule has 0 spiro atoms. The Morgan fingerprint density at radius 2 is 2.50 bits per heavy atom. The van der Waals surface area contributed by atoms with Crippen molar-refractivity contribution in [3.05, 3.63) is 28.8 Å². The number of nitrogens with two attached hydrogens (primary N) is 1. The molecular formula is C9H11N5OS. The summed E-state index contributed by atoms with van der Waals surface area (Å²) >= 11 is 1.51. The van der Waals surface area contributed by atoms with E-state index in [-0.39, 0.29) is 12.5 Å². The molecule has 0 aliphatic rings. The Balaban J connectivity index is 1.81. The number of thiazole rings is 1. The first-order valence-electron chi connectivity index (χ1n) is 4.67. The number of carbonyl (C=O) groups is 1. The monoisotopic (exact) mass is 237 g/mol. The van der Waals surface area contributed by atoms with Crippen molar-refractivity contribution < 1.29 is 4.79 Å². The number of nitrogen functional groups attached to an aromatic ring is 1. The van der Waals surface area contributed by atoms with Gasteiger partial charge in [0, 0.05) is 17.3 Å². The lowest BCUT2D eigenvalue weighted by atomic mass is 10.5. The molecule has 7 heteroatoms. The summed E-state index contributed by atoms with van der Waals surface area (Å²) < 4.78 is 1.50. The minimum atomic E-state index is -0.100. The van der Waals surface area contributed by atoms with Gasteiger partial charge in [0.2, 0.25) is 5.91 Å². The Morgan fingerprint density at radius 1 is 1.62 bits per heavy atom. The Hall–Kier alpha value is -1.89. The predicted molar refractivity (Wildman–Crippen MR) is 60.6 cm³/mol. The molecule has 16 heavy (non-hydrogen) atoms. The van der Waals surface area contributed by atoms with Crippen molar-refractivity contribution in [1.29, 1.82) is 0 Å². The number of nitrogens with one attached hydrogen (secondary N) is 1. The summed E-state index contributed by atoms with van der Waals surface area (Å²) in [6.07, 6.45) is 3.40. The molecule has 0 aliphatic heterocycles. The van der Waals surface area contributed by atoms with Crippen LogP contribution in [0.3, 0.4) is 0 Å². The van der Waals surface area contributed by atoms with Gasteiger partial charge < -0.3 is 11.1 Å². The maximum Gasteiger partial charge on any atom is 0.242 e. The van der Waals surface area contributed by atoms with Gasteiger partial charge in [0.1, 0.15) is 12.4 Å². The van der Waals surface area contributed by atoms with E-state index in [1.165, 1.54) is 16.0 Å². The number of hydrogen-bond donors (Lipinski definition) is 2. The summed E-state index contributed by atoms with van der Waals surface area (Å²) in [5, 5.41) is 6.69. The number of nitrogens with zero attached hydrogens (tertiary/aromatic N) is 3. The van der Waals surface area contributed by atoms with Crippen molar-refractivity contribution in [2.24, 2.45) is 0 Å². The molecule has 84 valence electrons. The quantitative estimate of drug-likeness (QED) is 0.797. The maximum atomic E-state index is 11.5. The predicted octanol–water partition coefficient (Wildman–Crippen LogP) is 0.238. The van der Waals surface area contributed by atoms with Gasteiger partial charge in [0.05, 0.1) is 12.1 Å². The van der Waals surface area contributed by atoms with E-state index >= 15 is 0 Å². The van der Waals surface area contributed by atoms with Crippen LogP contribution in [0, 0.1) is 0 Å². The van der Waals surface area contributed by atoms with E-state index in [1.54, 1.807) is 24.0 Å². The summed E-state index contributed by atoms with van der Waals surface area (Å²) in [7, 11) is 0. The average molecular weight is 237 g/mol. The average Bonchev–Trinajstić information content (AvgIpc) is 2.87. The second-order valence-electron chi connectivity index (χ2n) is 3.18. The molecule has 0 unspecified atom stereocenters. The van der Waals surface area contributed by atoms with Crippen LogP contribution < -0.4 is 11.1 Å². The van der Waals surface area contributed by atoms with Gasteiger partial charge in [-0.25, -0.2) is 0 Å². The molecular weight excluding hydrogens is 226 g/mol. The Morgan fingerprint density at radius 3 is 3.12 bits per heavy atom. The molecule has 0 radical (unpaired) electrons. The van der Waals surface area contributed by atoms with Gasteiger partial charge in [-0.3, -0.25) is 14.5 Å². The summed E-state index contributed by atoms with van der Waals surface area (Å²) in [6.45, 7) is 0.677. The summed E-state index contributed by atoms with van der Waals surface area (Å²) in [5.74, 6) is 0.312. The number of carbonyl (C=O) groups excluding carboxylic acids is 1. The van der Waals surface area contributed by atoms with Crippen LogP contribution in [0.1, 0.15) is 4.88 Å². The molecule has 2 aromatic rings. The fourth-order valence-electron chi connectivity index (χ4n) is 1.18. The minimum absolute atomic E-state index is 0.100. The molecule has 2 aromatic heterocycles. The van der Waals surface area contributed by atoms with Gasteiger partial charge >= 0.3 is 0 Å². The van der Waals surface area contributed by atoms with E-state index in [0.29, 0.717) is 12.4 Å². The summed E-state index contributed by atoms with van der Waals surface area (Å²) in [5.41, 5.74) is 7.17. The van der Waals surface area contributed by atoms with Crippen molar-refractivity contribution in [1.82, 2.24) is 20.1 Å². The van der Waals surface area contributed by atoms with E-state index in [9.17, 15) is 4.79 Å². The van der Waals surface area contributed by atoms with Crippen LogP contribution >= 0.6 is 11.3 Å². The van der Waals surface area contributed by atoms with E-state index in [0.717, 1.165) is 4.88 Å². The number of aromatic nitrogens is 3. The lowest BCUT2D eigenvalue weighted by molar-refractivity contribution is -0.122. The highest BCUT2D eigenvalue weighted by Gasteiger charge is 2.04. The molecule has 0 bridgehead atoms. The standard InChI is InChI=1S/C9H11N5OS/c10-8-1-2-14(13-8)5-9(15)12-4-7-3-11-6-16-7/h1-3,6H,4-5H2,(H2,10,13)(H,12,15). The summed E-state index contributed by atoms with van der Waals surface area (Å²) in [4.78, 5) is 16.4. The molecule has 0 atom stereocenters. The third kappa shape index (κ3) is 2.80. The third-order valence-corrected chi connectivity index (χ3v) is 2.69. The fourth-order valence-corrected chi connectivity index (χ4v) is 1.72. The van der Waals surface area contributed by atoms with Crippen LogP contribution in [0.15, 0.2) is 24.0 Å². The molecule has 3 N–H and O–H groups in total. The van der Waals surface area contributed by atoms with E-state index in [2.05, 4.69) is 15.4 Å². The molecule has 0 aromatic carbocycles. The first-order chi connectivity index (χ1) is 7.74. The highest BCUT2D eigenvalue weighted by molar-refractivity contribution is 7.09. The molecule has 6 nitrogen and oxygen atoms in total. The van der Waals surface area contributed by atoms with Crippen molar-refractivity contribution in [2.45, 2.75) is 13.1 Å². The molecule has 0 aliphatic carbocycles. The lowest BCUT2D eigenvalue weighted by Gasteiger charge is -2.03. The van der Waals surface area contributed by atoms with Crippen LogP contribution in [0.2, 0.25) is 0 Å². The first kappa shape index (κ1) is 10.6. The second kappa shape index (κ2) is 4.75. The van der Waals surface area contributed by atoms with Gasteiger partial charge in [0.25, 0.3) is 0 Å².